The highest BCUT2D eigenvalue weighted by Crippen LogP contribution is 2.18. The van der Waals surface area contributed by atoms with Crippen LogP contribution >= 0.6 is 0 Å². The van der Waals surface area contributed by atoms with Gasteiger partial charge in [0.15, 0.2) is 0 Å². The lowest BCUT2D eigenvalue weighted by Crippen LogP contribution is -2.18. The van der Waals surface area contributed by atoms with E-state index in [0.717, 1.165) is 11.6 Å². The number of nitrogens with one attached hydrogen (secondary N) is 1. The number of nitrogens with zero attached hydrogens (tertiary/aromatic N) is 1. The SMILES string of the molecule is CCOC(=O)c1cc(=O)[nH]c2c(c(C(=O)OCC)cn2COCc2ccccc2)c1=O. The van der Waals surface area contributed by atoms with Gasteiger partial charge >= 0.3 is 11.9 Å². The van der Waals surface area contributed by atoms with Gasteiger partial charge in [-0.25, -0.2) is 9.59 Å². The Kier molecular flexibility index (Phi) is 6.99. The second kappa shape index (κ2) is 9.86. The summed E-state index contributed by atoms with van der Waals surface area (Å²) in [5, 5.41) is -0.146. The van der Waals surface area contributed by atoms with E-state index >= 15 is 0 Å². The number of ether oxygens (including phenoxy) is 3. The van der Waals surface area contributed by atoms with Crippen LogP contribution in [0.2, 0.25) is 0 Å². The molecule has 0 spiro atoms. The summed E-state index contributed by atoms with van der Waals surface area (Å²) < 4.78 is 17.0. The highest BCUT2D eigenvalue weighted by Gasteiger charge is 2.23. The molecule has 0 aliphatic carbocycles. The number of carbonyl (C=O) groups is 2. The van der Waals surface area contributed by atoms with Crippen LogP contribution in [0.15, 0.2) is 52.2 Å². The van der Waals surface area contributed by atoms with Gasteiger partial charge in [-0.15, -0.1) is 0 Å². The number of H-pyrrole nitrogens is 1. The number of fused-ring (bicyclic) bond motifs is 1. The molecule has 0 saturated carbocycles. The first-order valence-corrected chi connectivity index (χ1v) is 9.72. The van der Waals surface area contributed by atoms with Crippen molar-refractivity contribution in [3.8, 4) is 0 Å². The molecular weight excluding hydrogens is 404 g/mol. The number of aromatic nitrogens is 2. The first kappa shape index (κ1) is 22.0. The van der Waals surface area contributed by atoms with E-state index in [-0.39, 0.29) is 43.1 Å². The number of benzene rings is 1. The van der Waals surface area contributed by atoms with Gasteiger partial charge in [0.2, 0.25) is 5.43 Å². The standard InChI is InChI=1S/C22H22N2O7/c1-3-30-21(27)15-10-17(25)23-20-18(19(15)26)16(22(28)31-4-2)11-24(20)13-29-12-14-8-6-5-7-9-14/h5-11H,3-4,12-13H2,1-2H3,(H,23,25). The van der Waals surface area contributed by atoms with Gasteiger partial charge in [-0.3, -0.25) is 9.59 Å². The first-order chi connectivity index (χ1) is 15.0. The van der Waals surface area contributed by atoms with E-state index < -0.39 is 28.5 Å². The minimum absolute atomic E-state index is 0.0248. The Morgan fingerprint density at radius 2 is 1.61 bits per heavy atom. The molecule has 31 heavy (non-hydrogen) atoms. The zero-order chi connectivity index (χ0) is 22.4. The average molecular weight is 426 g/mol. The maximum atomic E-state index is 13.1. The van der Waals surface area contributed by atoms with Crippen molar-refractivity contribution >= 4 is 23.0 Å². The summed E-state index contributed by atoms with van der Waals surface area (Å²) in [4.78, 5) is 52.7. The van der Waals surface area contributed by atoms with E-state index in [4.69, 9.17) is 14.2 Å². The van der Waals surface area contributed by atoms with E-state index in [9.17, 15) is 19.2 Å². The zero-order valence-electron chi connectivity index (χ0n) is 17.2. The van der Waals surface area contributed by atoms with Crippen LogP contribution in [0.3, 0.4) is 0 Å². The lowest BCUT2D eigenvalue weighted by Gasteiger charge is -2.06. The topological polar surface area (TPSA) is 117 Å². The minimum Gasteiger partial charge on any atom is -0.462 e. The molecule has 0 amide bonds. The molecule has 0 aliphatic rings. The third kappa shape index (κ3) is 4.89. The van der Waals surface area contributed by atoms with Crippen molar-refractivity contribution in [3.05, 3.63) is 79.9 Å². The lowest BCUT2D eigenvalue weighted by molar-refractivity contribution is 0.0512. The summed E-state index contributed by atoms with van der Waals surface area (Å²) in [5.41, 5.74) is -1.09. The number of hydrogen-bond donors (Lipinski definition) is 1. The number of hydrogen-bond acceptors (Lipinski definition) is 7. The Morgan fingerprint density at radius 3 is 2.26 bits per heavy atom. The maximum Gasteiger partial charge on any atom is 0.342 e. The highest BCUT2D eigenvalue weighted by atomic mass is 16.5. The van der Waals surface area contributed by atoms with Gasteiger partial charge in [-0.2, -0.15) is 0 Å². The largest absolute Gasteiger partial charge is 0.462 e. The average Bonchev–Trinajstić information content (AvgIpc) is 3.04. The van der Waals surface area contributed by atoms with Gasteiger partial charge in [-0.1, -0.05) is 30.3 Å². The summed E-state index contributed by atoms with van der Waals surface area (Å²) in [7, 11) is 0. The molecule has 0 unspecified atom stereocenters. The van der Waals surface area contributed by atoms with Crippen molar-refractivity contribution < 1.29 is 23.8 Å². The Balaban J connectivity index is 2.11. The van der Waals surface area contributed by atoms with Crippen LogP contribution in [0.5, 0.6) is 0 Å². The monoisotopic (exact) mass is 426 g/mol. The third-order valence-corrected chi connectivity index (χ3v) is 4.40. The third-order valence-electron chi connectivity index (χ3n) is 4.40. The van der Waals surface area contributed by atoms with E-state index in [2.05, 4.69) is 4.98 Å². The second-order valence-electron chi connectivity index (χ2n) is 6.52. The fraction of sp³-hybridized carbons (Fsp3) is 0.273. The molecule has 9 heteroatoms. The zero-order valence-corrected chi connectivity index (χ0v) is 17.2. The van der Waals surface area contributed by atoms with Crippen molar-refractivity contribution in [1.29, 1.82) is 0 Å². The number of carbonyl (C=O) groups excluding carboxylic acids is 2. The summed E-state index contributed by atoms with van der Waals surface area (Å²) in [6.07, 6.45) is 1.36. The molecule has 0 bridgehead atoms. The smallest absolute Gasteiger partial charge is 0.342 e. The highest BCUT2D eigenvalue weighted by molar-refractivity contribution is 6.04. The Labute approximate surface area is 177 Å². The molecule has 9 nitrogen and oxygen atoms in total. The van der Waals surface area contributed by atoms with Gasteiger partial charge in [0.05, 0.1) is 30.8 Å². The summed E-state index contributed by atoms with van der Waals surface area (Å²) in [6, 6.07) is 10.3. The number of aromatic amines is 1. The Morgan fingerprint density at radius 1 is 0.968 bits per heavy atom. The predicted octanol–water partition coefficient (Wildman–Crippen LogP) is 2.22. The van der Waals surface area contributed by atoms with Crippen LogP contribution in [-0.4, -0.2) is 34.7 Å². The molecule has 0 radical (unpaired) electrons. The van der Waals surface area contributed by atoms with Gasteiger partial charge < -0.3 is 23.8 Å². The molecule has 2 heterocycles. The van der Waals surface area contributed by atoms with Crippen molar-refractivity contribution in [2.24, 2.45) is 0 Å². The van der Waals surface area contributed by atoms with Gasteiger partial charge in [0.25, 0.3) is 5.56 Å². The van der Waals surface area contributed by atoms with E-state index in [0.29, 0.717) is 0 Å². The Hall–Kier alpha value is -3.72. The molecule has 0 saturated heterocycles. The van der Waals surface area contributed by atoms with Crippen LogP contribution in [0, 0.1) is 0 Å². The maximum absolute atomic E-state index is 13.1. The molecule has 3 aromatic rings. The number of rotatable bonds is 8. The molecule has 3 rings (SSSR count). The molecule has 0 aliphatic heterocycles. The minimum atomic E-state index is -0.946. The fourth-order valence-electron chi connectivity index (χ4n) is 3.07. The van der Waals surface area contributed by atoms with Crippen LogP contribution < -0.4 is 11.0 Å². The van der Waals surface area contributed by atoms with Crippen molar-refractivity contribution in [2.45, 2.75) is 27.2 Å². The van der Waals surface area contributed by atoms with Crippen molar-refractivity contribution in [3.63, 3.8) is 0 Å². The Bertz CT molecular complexity index is 1210. The molecule has 1 N–H and O–H groups in total. The van der Waals surface area contributed by atoms with E-state index in [1.807, 2.05) is 30.3 Å². The van der Waals surface area contributed by atoms with Gasteiger partial charge in [0.1, 0.15) is 17.9 Å². The summed E-state index contributed by atoms with van der Waals surface area (Å²) in [6.45, 7) is 3.54. The molecule has 0 fully saturated rings. The van der Waals surface area contributed by atoms with E-state index in [1.54, 1.807) is 13.8 Å². The normalized spacial score (nSPS) is 10.8. The first-order valence-electron chi connectivity index (χ1n) is 9.72. The van der Waals surface area contributed by atoms with Crippen molar-refractivity contribution in [1.82, 2.24) is 9.55 Å². The van der Waals surface area contributed by atoms with Crippen LogP contribution in [0.25, 0.3) is 11.0 Å². The molecule has 1 aromatic carbocycles. The molecule has 0 atom stereocenters. The fourth-order valence-corrected chi connectivity index (χ4v) is 3.07. The second-order valence-corrected chi connectivity index (χ2v) is 6.52. The van der Waals surface area contributed by atoms with Gasteiger partial charge in [0, 0.05) is 12.3 Å². The van der Waals surface area contributed by atoms with Crippen LogP contribution in [0.4, 0.5) is 0 Å². The van der Waals surface area contributed by atoms with Crippen LogP contribution in [0.1, 0.15) is 40.1 Å². The predicted molar refractivity (Wildman–Crippen MR) is 112 cm³/mol. The van der Waals surface area contributed by atoms with Crippen molar-refractivity contribution in [2.75, 3.05) is 13.2 Å². The van der Waals surface area contributed by atoms with E-state index in [1.165, 1.54) is 10.8 Å². The quantitative estimate of drug-likeness (QED) is 0.549. The molecular formula is C22H22N2O7. The molecule has 162 valence electrons. The number of esters is 2. The summed E-state index contributed by atoms with van der Waals surface area (Å²) >= 11 is 0. The van der Waals surface area contributed by atoms with Crippen LogP contribution in [-0.2, 0) is 27.5 Å². The lowest BCUT2D eigenvalue weighted by atomic mass is 10.2. The van der Waals surface area contributed by atoms with Gasteiger partial charge in [-0.05, 0) is 19.4 Å². The summed E-state index contributed by atoms with van der Waals surface area (Å²) in [5.74, 6) is -1.70. The molecule has 2 aromatic heterocycles.